The van der Waals surface area contributed by atoms with Gasteiger partial charge in [0.15, 0.2) is 0 Å². The van der Waals surface area contributed by atoms with Gasteiger partial charge in [-0.15, -0.1) is 0 Å². The quantitative estimate of drug-likeness (QED) is 0.622. The minimum atomic E-state index is -0.809. The maximum absolute atomic E-state index is 11.4. The van der Waals surface area contributed by atoms with E-state index in [0.29, 0.717) is 5.69 Å². The Labute approximate surface area is 112 Å². The number of nitrogens with one attached hydrogen (secondary N) is 2. The average Bonchev–Trinajstić information content (AvgIpc) is 2.43. The van der Waals surface area contributed by atoms with Crippen LogP contribution in [0.3, 0.4) is 0 Å². The Hall–Kier alpha value is -2.35. The summed E-state index contributed by atoms with van der Waals surface area (Å²) in [5.41, 5.74) is 1.77. The number of carbonyl (C=O) groups is 2. The summed E-state index contributed by atoms with van der Waals surface area (Å²) in [5.74, 6) is -1.58. The van der Waals surface area contributed by atoms with Crippen molar-refractivity contribution in [3.05, 3.63) is 29.8 Å². The molecule has 1 aromatic carbocycles. The molecule has 0 aliphatic carbocycles. The third kappa shape index (κ3) is 5.21. The van der Waals surface area contributed by atoms with Gasteiger partial charge in [0.1, 0.15) is 6.54 Å². The Morgan fingerprint density at radius 1 is 1.21 bits per heavy atom. The molecule has 0 saturated heterocycles. The van der Waals surface area contributed by atoms with Crippen LogP contribution in [0.5, 0.6) is 0 Å². The van der Waals surface area contributed by atoms with Crippen LogP contribution in [-0.4, -0.2) is 18.4 Å². The molecule has 0 spiro atoms. The number of nitriles is 1. The summed E-state index contributed by atoms with van der Waals surface area (Å²) in [6, 6.07) is 9.12. The molecule has 5 heteroatoms. The molecule has 0 saturated carbocycles. The molecule has 1 aromatic rings. The lowest BCUT2D eigenvalue weighted by Crippen LogP contribution is -2.35. The largest absolute Gasteiger partial charge is 0.335 e. The Kier molecular flexibility index (Phi) is 6.10. The van der Waals surface area contributed by atoms with Crippen LogP contribution in [-0.2, 0) is 16.0 Å². The zero-order chi connectivity index (χ0) is 14.1. The molecule has 0 unspecified atom stereocenters. The molecule has 0 atom stereocenters. The second-order valence-corrected chi connectivity index (χ2v) is 4.10. The molecule has 100 valence electrons. The molecule has 0 radical (unpaired) electrons. The Bertz CT molecular complexity index is 474. The molecular weight excluding hydrogens is 242 g/mol. The van der Waals surface area contributed by atoms with Crippen LogP contribution in [0, 0.1) is 11.3 Å². The van der Waals surface area contributed by atoms with E-state index in [-0.39, 0.29) is 6.54 Å². The van der Waals surface area contributed by atoms with Gasteiger partial charge in [-0.3, -0.25) is 9.59 Å². The lowest BCUT2D eigenvalue weighted by Gasteiger charge is -2.06. The van der Waals surface area contributed by atoms with Crippen molar-refractivity contribution < 1.29 is 9.59 Å². The third-order valence-corrected chi connectivity index (χ3v) is 2.57. The summed E-state index contributed by atoms with van der Waals surface area (Å²) in [5, 5.41) is 12.9. The fourth-order valence-corrected chi connectivity index (χ4v) is 1.52. The number of rotatable bonds is 5. The number of carbonyl (C=O) groups excluding carboxylic acids is 2. The first-order valence-corrected chi connectivity index (χ1v) is 6.22. The van der Waals surface area contributed by atoms with Gasteiger partial charge in [-0.1, -0.05) is 25.5 Å². The van der Waals surface area contributed by atoms with Crippen molar-refractivity contribution in [2.75, 3.05) is 11.9 Å². The minimum absolute atomic E-state index is 0.178. The maximum Gasteiger partial charge on any atom is 0.313 e. The molecule has 0 aromatic heterocycles. The number of anilines is 1. The van der Waals surface area contributed by atoms with Crippen LogP contribution >= 0.6 is 0 Å². The van der Waals surface area contributed by atoms with Gasteiger partial charge in [-0.05, 0) is 30.5 Å². The first kappa shape index (κ1) is 14.7. The number of aryl methyl sites for hydroxylation is 1. The summed E-state index contributed by atoms with van der Waals surface area (Å²) in [7, 11) is 0. The molecule has 0 fully saturated rings. The first-order chi connectivity index (χ1) is 9.17. The van der Waals surface area contributed by atoms with E-state index >= 15 is 0 Å². The van der Waals surface area contributed by atoms with Crippen molar-refractivity contribution >= 4 is 17.5 Å². The van der Waals surface area contributed by atoms with E-state index in [2.05, 4.69) is 17.6 Å². The highest BCUT2D eigenvalue weighted by atomic mass is 16.2. The normalized spacial score (nSPS) is 9.47. The van der Waals surface area contributed by atoms with Gasteiger partial charge in [-0.2, -0.15) is 5.26 Å². The molecular formula is C14H17N3O2. The summed E-state index contributed by atoms with van der Waals surface area (Å²) in [6.07, 6.45) is 3.27. The smallest absolute Gasteiger partial charge is 0.313 e. The molecule has 0 bridgehead atoms. The minimum Gasteiger partial charge on any atom is -0.335 e. The standard InChI is InChI=1S/C14H17N3O2/c1-2-3-4-11-5-7-12(8-6-11)17-14(19)13(18)16-10-9-15/h5-8H,2-4,10H2,1H3,(H,16,18)(H,17,19). The van der Waals surface area contributed by atoms with Crippen molar-refractivity contribution in [3.63, 3.8) is 0 Å². The summed E-state index contributed by atoms with van der Waals surface area (Å²) >= 11 is 0. The predicted octanol–water partition coefficient (Wildman–Crippen LogP) is 1.61. The Morgan fingerprint density at radius 3 is 2.47 bits per heavy atom. The van der Waals surface area contributed by atoms with Crippen LogP contribution in [0.2, 0.25) is 0 Å². The van der Waals surface area contributed by atoms with E-state index in [1.165, 1.54) is 5.56 Å². The van der Waals surface area contributed by atoms with Crippen molar-refractivity contribution in [1.29, 1.82) is 5.26 Å². The van der Waals surface area contributed by atoms with E-state index in [1.54, 1.807) is 18.2 Å². The SMILES string of the molecule is CCCCc1ccc(NC(=O)C(=O)NCC#N)cc1. The lowest BCUT2D eigenvalue weighted by atomic mass is 10.1. The van der Waals surface area contributed by atoms with E-state index in [0.717, 1.165) is 19.3 Å². The lowest BCUT2D eigenvalue weighted by molar-refractivity contribution is -0.136. The van der Waals surface area contributed by atoms with Gasteiger partial charge in [-0.25, -0.2) is 0 Å². The molecule has 5 nitrogen and oxygen atoms in total. The van der Waals surface area contributed by atoms with Gasteiger partial charge in [0.25, 0.3) is 0 Å². The van der Waals surface area contributed by atoms with Crippen molar-refractivity contribution in [1.82, 2.24) is 5.32 Å². The van der Waals surface area contributed by atoms with Gasteiger partial charge in [0.05, 0.1) is 6.07 Å². The zero-order valence-electron chi connectivity index (χ0n) is 10.9. The maximum atomic E-state index is 11.4. The summed E-state index contributed by atoms with van der Waals surface area (Å²) < 4.78 is 0. The second kappa shape index (κ2) is 7.88. The highest BCUT2D eigenvalue weighted by molar-refractivity contribution is 6.39. The monoisotopic (exact) mass is 259 g/mol. The number of benzene rings is 1. The number of unbranched alkanes of at least 4 members (excludes halogenated alkanes) is 1. The molecule has 2 N–H and O–H groups in total. The summed E-state index contributed by atoms with van der Waals surface area (Å²) in [6.45, 7) is 1.96. The van der Waals surface area contributed by atoms with Gasteiger partial charge < -0.3 is 10.6 Å². The number of hydrogen-bond acceptors (Lipinski definition) is 3. The molecule has 0 aliphatic heterocycles. The van der Waals surface area contributed by atoms with Crippen molar-refractivity contribution in [3.8, 4) is 6.07 Å². The highest BCUT2D eigenvalue weighted by Crippen LogP contribution is 2.11. The van der Waals surface area contributed by atoms with E-state index in [4.69, 9.17) is 5.26 Å². The molecule has 19 heavy (non-hydrogen) atoms. The fourth-order valence-electron chi connectivity index (χ4n) is 1.52. The molecule has 0 heterocycles. The molecule has 2 amide bonds. The second-order valence-electron chi connectivity index (χ2n) is 4.10. The van der Waals surface area contributed by atoms with Crippen LogP contribution in [0.4, 0.5) is 5.69 Å². The predicted molar refractivity (Wildman–Crippen MR) is 72.3 cm³/mol. The highest BCUT2D eigenvalue weighted by Gasteiger charge is 2.12. The molecule has 1 rings (SSSR count). The van der Waals surface area contributed by atoms with Gasteiger partial charge >= 0.3 is 11.8 Å². The van der Waals surface area contributed by atoms with E-state index < -0.39 is 11.8 Å². The van der Waals surface area contributed by atoms with E-state index in [1.807, 2.05) is 12.1 Å². The summed E-state index contributed by atoms with van der Waals surface area (Å²) in [4.78, 5) is 22.7. The van der Waals surface area contributed by atoms with Crippen LogP contribution in [0.25, 0.3) is 0 Å². The first-order valence-electron chi connectivity index (χ1n) is 6.22. The molecule has 0 aliphatic rings. The van der Waals surface area contributed by atoms with Crippen LogP contribution < -0.4 is 10.6 Å². The number of hydrogen-bond donors (Lipinski definition) is 2. The van der Waals surface area contributed by atoms with Crippen LogP contribution in [0.1, 0.15) is 25.3 Å². The van der Waals surface area contributed by atoms with Crippen molar-refractivity contribution in [2.24, 2.45) is 0 Å². The number of amides is 2. The van der Waals surface area contributed by atoms with E-state index in [9.17, 15) is 9.59 Å². The third-order valence-electron chi connectivity index (χ3n) is 2.57. The topological polar surface area (TPSA) is 82.0 Å². The van der Waals surface area contributed by atoms with Crippen LogP contribution in [0.15, 0.2) is 24.3 Å². The Morgan fingerprint density at radius 2 is 1.89 bits per heavy atom. The van der Waals surface area contributed by atoms with Crippen molar-refractivity contribution in [2.45, 2.75) is 26.2 Å². The Balaban J connectivity index is 2.51. The fraction of sp³-hybridized carbons (Fsp3) is 0.357. The van der Waals surface area contributed by atoms with Gasteiger partial charge in [0.2, 0.25) is 0 Å². The van der Waals surface area contributed by atoms with Gasteiger partial charge in [0, 0.05) is 5.69 Å². The number of nitrogens with zero attached hydrogens (tertiary/aromatic N) is 1. The zero-order valence-corrected chi connectivity index (χ0v) is 10.9. The average molecular weight is 259 g/mol.